The Balaban J connectivity index is 1.64. The maximum absolute atomic E-state index is 5.70. The van der Waals surface area contributed by atoms with Gasteiger partial charge in [-0.1, -0.05) is 42.5 Å². The summed E-state index contributed by atoms with van der Waals surface area (Å²) in [6.45, 7) is 4.36. The number of hydrogen-bond acceptors (Lipinski definition) is 6. The molecule has 1 N–H and O–H groups in total. The molecule has 1 aliphatic rings. The highest BCUT2D eigenvalue weighted by Gasteiger charge is 2.18. The lowest BCUT2D eigenvalue weighted by Gasteiger charge is -2.12. The number of aromatic nitrogens is 5. The van der Waals surface area contributed by atoms with Crippen LogP contribution in [0.5, 0.6) is 0 Å². The second-order valence-corrected chi connectivity index (χ2v) is 6.66. The minimum Gasteiger partial charge on any atom is -0.376 e. The molecule has 1 atom stereocenters. The molecule has 2 aromatic heterocycles. The van der Waals surface area contributed by atoms with Gasteiger partial charge in [0.1, 0.15) is 5.82 Å². The van der Waals surface area contributed by atoms with Crippen LogP contribution >= 0.6 is 0 Å². The van der Waals surface area contributed by atoms with E-state index in [-0.39, 0.29) is 6.10 Å². The first-order valence-electron chi connectivity index (χ1n) is 9.33. The minimum atomic E-state index is 0.244. The average molecular weight is 352 g/mol. The van der Waals surface area contributed by atoms with Crippen molar-refractivity contribution < 1.29 is 4.74 Å². The third-order valence-corrected chi connectivity index (χ3v) is 4.58. The van der Waals surface area contributed by atoms with E-state index in [2.05, 4.69) is 39.7 Å². The Morgan fingerprint density at radius 3 is 2.88 bits per heavy atom. The predicted molar refractivity (Wildman–Crippen MR) is 100 cm³/mol. The fraction of sp³-hybridized carbons (Fsp3) is 0.474. The molecule has 0 radical (unpaired) electrons. The van der Waals surface area contributed by atoms with Crippen molar-refractivity contribution in [1.82, 2.24) is 25.0 Å². The van der Waals surface area contributed by atoms with Gasteiger partial charge in [-0.05, 0) is 24.8 Å². The summed E-state index contributed by atoms with van der Waals surface area (Å²) in [4.78, 5) is 9.40. The van der Waals surface area contributed by atoms with E-state index in [1.165, 1.54) is 5.56 Å². The Hall–Kier alpha value is -2.54. The highest BCUT2D eigenvalue weighted by atomic mass is 16.5. The van der Waals surface area contributed by atoms with Gasteiger partial charge in [-0.3, -0.25) is 0 Å². The van der Waals surface area contributed by atoms with E-state index in [4.69, 9.17) is 9.72 Å². The van der Waals surface area contributed by atoms with Crippen LogP contribution in [-0.2, 0) is 17.7 Å². The minimum absolute atomic E-state index is 0.244. The van der Waals surface area contributed by atoms with Gasteiger partial charge in [-0.2, -0.15) is 0 Å². The van der Waals surface area contributed by atoms with Crippen molar-refractivity contribution in [2.45, 2.75) is 45.3 Å². The van der Waals surface area contributed by atoms with Crippen molar-refractivity contribution in [3.05, 3.63) is 41.7 Å². The second kappa shape index (κ2) is 7.78. The summed E-state index contributed by atoms with van der Waals surface area (Å²) < 4.78 is 7.55. The number of nitrogens with zero attached hydrogens (tertiary/aromatic N) is 5. The smallest absolute Gasteiger partial charge is 0.184 e. The van der Waals surface area contributed by atoms with Crippen LogP contribution in [0, 0.1) is 0 Å². The van der Waals surface area contributed by atoms with E-state index < -0.39 is 0 Å². The first-order valence-corrected chi connectivity index (χ1v) is 9.33. The SMILES string of the molecule is CCCc1nc(NC[C@H]2CCCO2)c2nnn(Cc3ccccc3)c2n1. The third-order valence-electron chi connectivity index (χ3n) is 4.58. The van der Waals surface area contributed by atoms with Gasteiger partial charge in [0.25, 0.3) is 0 Å². The zero-order valence-corrected chi connectivity index (χ0v) is 15.1. The average Bonchev–Trinajstić information content (AvgIpc) is 3.31. The number of ether oxygens (including phenoxy) is 1. The molecule has 4 rings (SSSR count). The number of aryl methyl sites for hydroxylation is 1. The molecule has 26 heavy (non-hydrogen) atoms. The van der Waals surface area contributed by atoms with E-state index in [1.807, 2.05) is 22.9 Å². The molecule has 3 aromatic rings. The molecule has 1 aliphatic heterocycles. The topological polar surface area (TPSA) is 77.8 Å². The molecule has 0 unspecified atom stereocenters. The largest absolute Gasteiger partial charge is 0.376 e. The Labute approximate surface area is 152 Å². The Kier molecular flexibility index (Phi) is 5.06. The maximum atomic E-state index is 5.70. The standard InChI is InChI=1S/C19H24N6O/c1-2-7-16-21-18(20-12-15-10-6-11-26-15)17-19(22-16)25(24-23-17)13-14-8-4-3-5-9-14/h3-5,8-9,15H,2,6-7,10-13H2,1H3,(H,20,21,22)/t15-/m1/s1. The zero-order chi connectivity index (χ0) is 17.8. The fourth-order valence-electron chi connectivity index (χ4n) is 3.24. The quantitative estimate of drug-likeness (QED) is 0.704. The normalized spacial score (nSPS) is 17.0. The van der Waals surface area contributed by atoms with Crippen LogP contribution in [0.4, 0.5) is 5.82 Å². The maximum Gasteiger partial charge on any atom is 0.184 e. The van der Waals surface area contributed by atoms with Crippen LogP contribution in [0.15, 0.2) is 30.3 Å². The van der Waals surface area contributed by atoms with Crippen LogP contribution in [0.3, 0.4) is 0 Å². The van der Waals surface area contributed by atoms with Crippen LogP contribution in [0.25, 0.3) is 11.2 Å². The molecule has 1 saturated heterocycles. The Morgan fingerprint density at radius 1 is 1.23 bits per heavy atom. The highest BCUT2D eigenvalue weighted by Crippen LogP contribution is 2.20. The van der Waals surface area contributed by atoms with Crippen LogP contribution in [0.2, 0.25) is 0 Å². The summed E-state index contributed by atoms with van der Waals surface area (Å²) in [7, 11) is 0. The molecular weight excluding hydrogens is 328 g/mol. The van der Waals surface area contributed by atoms with Gasteiger partial charge in [-0.25, -0.2) is 14.6 Å². The van der Waals surface area contributed by atoms with Crippen molar-refractivity contribution >= 4 is 17.0 Å². The van der Waals surface area contributed by atoms with Gasteiger partial charge in [0.05, 0.1) is 12.6 Å². The first-order chi connectivity index (χ1) is 12.8. The number of anilines is 1. The Morgan fingerprint density at radius 2 is 2.12 bits per heavy atom. The summed E-state index contributed by atoms with van der Waals surface area (Å²) in [6, 6.07) is 10.2. The van der Waals surface area contributed by atoms with Crippen molar-refractivity contribution in [2.75, 3.05) is 18.5 Å². The molecule has 1 aromatic carbocycles. The van der Waals surface area contributed by atoms with E-state index in [1.54, 1.807) is 0 Å². The van der Waals surface area contributed by atoms with Gasteiger partial charge in [-0.15, -0.1) is 5.10 Å². The molecule has 0 bridgehead atoms. The van der Waals surface area contributed by atoms with Crippen molar-refractivity contribution in [3.8, 4) is 0 Å². The van der Waals surface area contributed by atoms with Crippen molar-refractivity contribution in [3.63, 3.8) is 0 Å². The van der Waals surface area contributed by atoms with Gasteiger partial charge >= 0.3 is 0 Å². The summed E-state index contributed by atoms with van der Waals surface area (Å²) in [5.41, 5.74) is 2.67. The molecule has 0 amide bonds. The Bertz CT molecular complexity index is 857. The molecule has 0 spiro atoms. The van der Waals surface area contributed by atoms with E-state index >= 15 is 0 Å². The zero-order valence-electron chi connectivity index (χ0n) is 15.1. The van der Waals surface area contributed by atoms with Crippen LogP contribution in [-0.4, -0.2) is 44.2 Å². The van der Waals surface area contributed by atoms with Crippen LogP contribution < -0.4 is 5.32 Å². The number of hydrogen-bond donors (Lipinski definition) is 1. The first kappa shape index (κ1) is 16.9. The highest BCUT2D eigenvalue weighted by molar-refractivity contribution is 5.82. The van der Waals surface area contributed by atoms with Crippen LogP contribution in [0.1, 0.15) is 37.6 Å². The predicted octanol–water partition coefficient (Wildman–Crippen LogP) is 2.81. The van der Waals surface area contributed by atoms with Crippen molar-refractivity contribution in [1.29, 1.82) is 0 Å². The van der Waals surface area contributed by atoms with Gasteiger partial charge in [0.2, 0.25) is 0 Å². The molecular formula is C19H24N6O. The lowest BCUT2D eigenvalue weighted by atomic mass is 10.2. The van der Waals surface area contributed by atoms with Gasteiger partial charge in [0.15, 0.2) is 17.0 Å². The third kappa shape index (κ3) is 3.67. The lowest BCUT2D eigenvalue weighted by molar-refractivity contribution is 0.120. The summed E-state index contributed by atoms with van der Waals surface area (Å²) in [5.74, 6) is 1.58. The number of fused-ring (bicyclic) bond motifs is 1. The van der Waals surface area contributed by atoms with E-state index in [0.29, 0.717) is 6.54 Å². The van der Waals surface area contributed by atoms with Gasteiger partial charge < -0.3 is 10.1 Å². The number of benzene rings is 1. The molecule has 7 heteroatoms. The summed E-state index contributed by atoms with van der Waals surface area (Å²) in [5, 5.41) is 12.1. The molecule has 3 heterocycles. The molecule has 7 nitrogen and oxygen atoms in total. The number of rotatable bonds is 7. The molecule has 0 aliphatic carbocycles. The lowest BCUT2D eigenvalue weighted by Crippen LogP contribution is -2.19. The van der Waals surface area contributed by atoms with E-state index in [9.17, 15) is 0 Å². The van der Waals surface area contributed by atoms with E-state index in [0.717, 1.165) is 61.6 Å². The number of nitrogens with one attached hydrogen (secondary N) is 1. The monoisotopic (exact) mass is 352 g/mol. The van der Waals surface area contributed by atoms with Crippen molar-refractivity contribution in [2.24, 2.45) is 0 Å². The second-order valence-electron chi connectivity index (χ2n) is 6.66. The fourth-order valence-corrected chi connectivity index (χ4v) is 3.24. The summed E-state index contributed by atoms with van der Waals surface area (Å²) in [6.07, 6.45) is 4.29. The summed E-state index contributed by atoms with van der Waals surface area (Å²) >= 11 is 0. The molecule has 1 fully saturated rings. The molecule has 0 saturated carbocycles. The molecule has 136 valence electrons. The van der Waals surface area contributed by atoms with Gasteiger partial charge in [0, 0.05) is 19.6 Å².